The van der Waals surface area contributed by atoms with Crippen LogP contribution in [0, 0.1) is 0 Å². The predicted molar refractivity (Wildman–Crippen MR) is 75.2 cm³/mol. The molecule has 116 valence electrons. The van der Waals surface area contributed by atoms with Gasteiger partial charge in [-0.2, -0.15) is 0 Å². The lowest BCUT2D eigenvalue weighted by molar-refractivity contribution is -0.147. The van der Waals surface area contributed by atoms with Gasteiger partial charge in [0.25, 0.3) is 5.91 Å². The van der Waals surface area contributed by atoms with E-state index in [2.05, 4.69) is 0 Å². The lowest BCUT2D eigenvalue weighted by Crippen LogP contribution is -2.55. The summed E-state index contributed by atoms with van der Waals surface area (Å²) in [6.07, 6.45) is 4.60. The largest absolute Gasteiger partial charge is 0.491 e. The molecule has 0 aromatic carbocycles. The second-order valence-corrected chi connectivity index (χ2v) is 5.83. The van der Waals surface area contributed by atoms with Crippen LogP contribution in [-0.4, -0.2) is 60.5 Å². The van der Waals surface area contributed by atoms with Gasteiger partial charge in [-0.1, -0.05) is 12.8 Å². The van der Waals surface area contributed by atoms with Crippen molar-refractivity contribution in [1.82, 2.24) is 9.80 Å². The molecule has 0 spiro atoms. The van der Waals surface area contributed by atoms with Crippen LogP contribution in [0.15, 0.2) is 11.5 Å². The number of rotatable bonds is 2. The van der Waals surface area contributed by atoms with Gasteiger partial charge in [0.1, 0.15) is 25.5 Å². The first-order chi connectivity index (χ1) is 10.2. The molecule has 2 fully saturated rings. The molecule has 6 heteroatoms. The number of carbonyl (C=O) groups is 2. The first-order valence-electron chi connectivity index (χ1n) is 7.72. The summed E-state index contributed by atoms with van der Waals surface area (Å²) in [5.74, 6) is 0.586. The van der Waals surface area contributed by atoms with Crippen molar-refractivity contribution in [1.29, 1.82) is 0 Å². The van der Waals surface area contributed by atoms with E-state index in [0.717, 1.165) is 12.8 Å². The van der Waals surface area contributed by atoms with E-state index in [1.165, 1.54) is 12.8 Å². The Morgan fingerprint density at radius 2 is 1.86 bits per heavy atom. The van der Waals surface area contributed by atoms with Crippen LogP contribution in [0.2, 0.25) is 0 Å². The number of hydrogen-bond acceptors (Lipinski definition) is 4. The lowest BCUT2D eigenvalue weighted by Gasteiger charge is -2.38. The Balaban J connectivity index is 1.64. The van der Waals surface area contributed by atoms with Gasteiger partial charge < -0.3 is 19.3 Å². The van der Waals surface area contributed by atoms with Crippen LogP contribution in [0.25, 0.3) is 0 Å². The molecular formula is C15H22N2O4. The van der Waals surface area contributed by atoms with E-state index in [1.54, 1.807) is 11.8 Å². The molecule has 2 heterocycles. The number of hydrogen-bond donors (Lipinski definition) is 0. The average molecular weight is 294 g/mol. The molecule has 0 aromatic rings. The Bertz CT molecular complexity index is 468. The summed E-state index contributed by atoms with van der Waals surface area (Å²) in [4.78, 5) is 28.3. The third-order valence-electron chi connectivity index (χ3n) is 4.47. The molecule has 0 radical (unpaired) electrons. The molecule has 2 amide bonds. The van der Waals surface area contributed by atoms with E-state index < -0.39 is 0 Å². The molecular weight excluding hydrogens is 272 g/mol. The van der Waals surface area contributed by atoms with Crippen LogP contribution in [0.3, 0.4) is 0 Å². The molecule has 3 rings (SSSR count). The smallest absolute Gasteiger partial charge is 0.293 e. The van der Waals surface area contributed by atoms with Crippen molar-refractivity contribution in [2.24, 2.45) is 0 Å². The average Bonchev–Trinajstić information content (AvgIpc) is 3.01. The summed E-state index contributed by atoms with van der Waals surface area (Å²) >= 11 is 0. The highest BCUT2D eigenvalue weighted by Gasteiger charge is 2.35. The molecule has 3 aliphatic rings. The maximum absolute atomic E-state index is 12.4. The number of ether oxygens (including phenoxy) is 2. The van der Waals surface area contributed by atoms with Crippen LogP contribution >= 0.6 is 0 Å². The Morgan fingerprint density at radius 1 is 1.14 bits per heavy atom. The van der Waals surface area contributed by atoms with Gasteiger partial charge in [0.15, 0.2) is 0 Å². The molecule has 1 saturated carbocycles. The molecule has 6 nitrogen and oxygen atoms in total. The van der Waals surface area contributed by atoms with Crippen molar-refractivity contribution in [3.63, 3.8) is 0 Å². The van der Waals surface area contributed by atoms with Gasteiger partial charge in [-0.15, -0.1) is 0 Å². The second-order valence-electron chi connectivity index (χ2n) is 5.83. The summed E-state index contributed by atoms with van der Waals surface area (Å²) in [5.41, 5.74) is 0. The molecule has 1 aliphatic carbocycles. The Morgan fingerprint density at radius 3 is 2.52 bits per heavy atom. The minimum atomic E-state index is -0.230. The summed E-state index contributed by atoms with van der Waals surface area (Å²) < 4.78 is 10.7. The number of piperazine rings is 1. The van der Waals surface area contributed by atoms with Gasteiger partial charge in [-0.05, 0) is 19.8 Å². The standard InChI is InChI=1S/C15H22N2O4/c1-11-14(21-9-8-20-11)15(19)16-6-7-17(13(18)10-16)12-4-2-3-5-12/h12H,2-10H2,1H3. The van der Waals surface area contributed by atoms with E-state index in [0.29, 0.717) is 38.1 Å². The van der Waals surface area contributed by atoms with Crippen molar-refractivity contribution < 1.29 is 19.1 Å². The third kappa shape index (κ3) is 2.84. The normalized spacial score (nSPS) is 24.1. The Kier molecular flexibility index (Phi) is 4.03. The molecule has 2 aliphatic heterocycles. The van der Waals surface area contributed by atoms with E-state index in [4.69, 9.17) is 9.47 Å². The zero-order valence-electron chi connectivity index (χ0n) is 12.5. The van der Waals surface area contributed by atoms with Crippen molar-refractivity contribution >= 4 is 11.8 Å². The van der Waals surface area contributed by atoms with E-state index >= 15 is 0 Å². The van der Waals surface area contributed by atoms with Crippen molar-refractivity contribution in [2.45, 2.75) is 38.6 Å². The van der Waals surface area contributed by atoms with Crippen LogP contribution < -0.4 is 0 Å². The van der Waals surface area contributed by atoms with Crippen LogP contribution in [0.5, 0.6) is 0 Å². The van der Waals surface area contributed by atoms with Crippen LogP contribution in [0.1, 0.15) is 32.6 Å². The fourth-order valence-corrected chi connectivity index (χ4v) is 3.32. The quantitative estimate of drug-likeness (QED) is 0.758. The number of allylic oxidation sites excluding steroid dienone is 1. The summed E-state index contributed by atoms with van der Waals surface area (Å²) in [7, 11) is 0. The highest BCUT2D eigenvalue weighted by molar-refractivity contribution is 5.95. The van der Waals surface area contributed by atoms with Gasteiger partial charge in [0.05, 0.1) is 0 Å². The number of amides is 2. The summed E-state index contributed by atoms with van der Waals surface area (Å²) in [5, 5.41) is 0. The lowest BCUT2D eigenvalue weighted by atomic mass is 10.1. The third-order valence-corrected chi connectivity index (χ3v) is 4.47. The minimum Gasteiger partial charge on any atom is -0.491 e. The zero-order valence-corrected chi connectivity index (χ0v) is 12.5. The topological polar surface area (TPSA) is 59.1 Å². The monoisotopic (exact) mass is 294 g/mol. The fourth-order valence-electron chi connectivity index (χ4n) is 3.32. The molecule has 0 N–H and O–H groups in total. The Hall–Kier alpha value is -1.72. The molecule has 0 bridgehead atoms. The molecule has 1 saturated heterocycles. The second kappa shape index (κ2) is 5.95. The Labute approximate surface area is 124 Å². The zero-order chi connectivity index (χ0) is 14.8. The highest BCUT2D eigenvalue weighted by atomic mass is 16.6. The van der Waals surface area contributed by atoms with Crippen molar-refractivity contribution in [2.75, 3.05) is 32.8 Å². The first-order valence-corrected chi connectivity index (χ1v) is 7.72. The predicted octanol–water partition coefficient (Wildman–Crippen LogP) is 0.878. The van der Waals surface area contributed by atoms with Gasteiger partial charge in [-0.3, -0.25) is 9.59 Å². The molecule has 21 heavy (non-hydrogen) atoms. The van der Waals surface area contributed by atoms with Gasteiger partial charge in [-0.25, -0.2) is 0 Å². The maximum atomic E-state index is 12.4. The summed E-state index contributed by atoms with van der Waals surface area (Å²) in [6, 6.07) is 0.380. The minimum absolute atomic E-state index is 0.0523. The van der Waals surface area contributed by atoms with Crippen LogP contribution in [-0.2, 0) is 19.1 Å². The van der Waals surface area contributed by atoms with E-state index in [-0.39, 0.29) is 24.1 Å². The van der Waals surface area contributed by atoms with E-state index in [1.807, 2.05) is 4.90 Å². The van der Waals surface area contributed by atoms with Crippen molar-refractivity contribution in [3.05, 3.63) is 11.5 Å². The fraction of sp³-hybridized carbons (Fsp3) is 0.733. The molecule has 0 atom stereocenters. The number of nitrogens with zero attached hydrogens (tertiary/aromatic N) is 2. The SMILES string of the molecule is CC1=C(C(=O)N2CCN(C3CCCC3)C(=O)C2)OCCO1. The van der Waals surface area contributed by atoms with Gasteiger partial charge in [0, 0.05) is 19.1 Å². The molecule has 0 aromatic heterocycles. The van der Waals surface area contributed by atoms with Crippen LogP contribution in [0.4, 0.5) is 0 Å². The summed E-state index contributed by atoms with van der Waals surface area (Å²) in [6.45, 7) is 3.92. The molecule has 0 unspecified atom stereocenters. The van der Waals surface area contributed by atoms with Gasteiger partial charge >= 0.3 is 0 Å². The first kappa shape index (κ1) is 14.2. The van der Waals surface area contributed by atoms with Gasteiger partial charge in [0.2, 0.25) is 11.7 Å². The maximum Gasteiger partial charge on any atom is 0.293 e. The highest BCUT2D eigenvalue weighted by Crippen LogP contribution is 2.25. The van der Waals surface area contributed by atoms with E-state index in [9.17, 15) is 9.59 Å². The van der Waals surface area contributed by atoms with Crippen molar-refractivity contribution in [3.8, 4) is 0 Å². The number of carbonyl (C=O) groups excluding carboxylic acids is 2.